The predicted molar refractivity (Wildman–Crippen MR) is 147 cm³/mol. The van der Waals surface area contributed by atoms with Crippen LogP contribution >= 0.6 is 15.9 Å². The number of nitrogens with one attached hydrogen (secondary N) is 1. The number of rotatable bonds is 8. The van der Waals surface area contributed by atoms with Gasteiger partial charge >= 0.3 is 0 Å². The predicted octanol–water partition coefficient (Wildman–Crippen LogP) is 7.30. The second-order valence-electron chi connectivity index (χ2n) is 8.13. The summed E-state index contributed by atoms with van der Waals surface area (Å²) in [5.74, 6) is 0.565. The minimum Gasteiger partial charge on any atom is -0.493 e. The van der Waals surface area contributed by atoms with Crippen molar-refractivity contribution in [3.8, 4) is 17.6 Å². The largest absolute Gasteiger partial charge is 0.493 e. The molecule has 0 aliphatic heterocycles. The first-order valence-electron chi connectivity index (χ1n) is 11.5. The Bertz CT molecular complexity index is 1470. The molecular formula is C30H25BrN2O3. The van der Waals surface area contributed by atoms with Gasteiger partial charge in [-0.05, 0) is 64.2 Å². The van der Waals surface area contributed by atoms with Crippen molar-refractivity contribution < 1.29 is 14.3 Å². The molecule has 0 unspecified atom stereocenters. The van der Waals surface area contributed by atoms with Crippen molar-refractivity contribution in [1.29, 1.82) is 5.26 Å². The van der Waals surface area contributed by atoms with Crippen LogP contribution in [0.1, 0.15) is 23.6 Å². The fourth-order valence-electron chi connectivity index (χ4n) is 3.83. The van der Waals surface area contributed by atoms with E-state index in [0.717, 1.165) is 22.8 Å². The van der Waals surface area contributed by atoms with Gasteiger partial charge in [-0.25, -0.2) is 0 Å². The normalized spacial score (nSPS) is 11.1. The van der Waals surface area contributed by atoms with E-state index < -0.39 is 5.91 Å². The molecule has 0 saturated carbocycles. The number of carbonyl (C=O) groups excluding carboxylic acids is 1. The summed E-state index contributed by atoms with van der Waals surface area (Å²) in [7, 11) is 1.55. The second-order valence-corrected chi connectivity index (χ2v) is 8.98. The Morgan fingerprint density at radius 2 is 1.78 bits per heavy atom. The smallest absolute Gasteiger partial charge is 0.266 e. The van der Waals surface area contributed by atoms with Crippen molar-refractivity contribution in [2.24, 2.45) is 0 Å². The number of anilines is 1. The van der Waals surface area contributed by atoms with E-state index in [4.69, 9.17) is 9.47 Å². The summed E-state index contributed by atoms with van der Waals surface area (Å²) in [6.07, 6.45) is 2.44. The third-order valence-electron chi connectivity index (χ3n) is 5.83. The summed E-state index contributed by atoms with van der Waals surface area (Å²) in [6.45, 7) is 2.43. The fourth-order valence-corrected chi connectivity index (χ4v) is 4.27. The minimum absolute atomic E-state index is 0.0262. The van der Waals surface area contributed by atoms with Crippen LogP contribution in [0.3, 0.4) is 0 Å². The number of ether oxygens (including phenoxy) is 2. The van der Waals surface area contributed by atoms with Gasteiger partial charge in [0.05, 0.1) is 7.11 Å². The Morgan fingerprint density at radius 1 is 1.03 bits per heavy atom. The fraction of sp³-hybridized carbons (Fsp3) is 0.133. The summed E-state index contributed by atoms with van der Waals surface area (Å²) >= 11 is 3.54. The number of nitrogens with zero attached hydrogens (tertiary/aromatic N) is 1. The molecule has 0 aliphatic rings. The monoisotopic (exact) mass is 540 g/mol. The van der Waals surface area contributed by atoms with E-state index in [1.807, 2.05) is 54.6 Å². The SMILES string of the molecule is CCc1ccc(NC(=O)/C(C#N)=C/c2cc(OC)c(OCc3cccc4ccccc34)cc2Br)cc1. The Morgan fingerprint density at radius 3 is 2.50 bits per heavy atom. The van der Waals surface area contributed by atoms with E-state index in [0.29, 0.717) is 33.8 Å². The van der Waals surface area contributed by atoms with Gasteiger partial charge in [0.25, 0.3) is 5.91 Å². The van der Waals surface area contributed by atoms with E-state index in [9.17, 15) is 10.1 Å². The molecule has 0 radical (unpaired) electrons. The van der Waals surface area contributed by atoms with Gasteiger partial charge in [-0.2, -0.15) is 5.26 Å². The summed E-state index contributed by atoms with van der Waals surface area (Å²) in [4.78, 5) is 12.7. The maximum atomic E-state index is 12.7. The molecule has 1 amide bonds. The van der Waals surface area contributed by atoms with Crippen molar-refractivity contribution in [2.75, 3.05) is 12.4 Å². The van der Waals surface area contributed by atoms with Crippen LogP contribution in [0.5, 0.6) is 11.5 Å². The third-order valence-corrected chi connectivity index (χ3v) is 6.52. The molecule has 0 saturated heterocycles. The molecule has 0 aliphatic carbocycles. The highest BCUT2D eigenvalue weighted by Gasteiger charge is 2.14. The van der Waals surface area contributed by atoms with Gasteiger partial charge in [-0.1, -0.05) is 77.5 Å². The zero-order valence-corrected chi connectivity index (χ0v) is 21.6. The first-order valence-corrected chi connectivity index (χ1v) is 12.3. The van der Waals surface area contributed by atoms with E-state index >= 15 is 0 Å². The average molecular weight is 541 g/mol. The first kappa shape index (κ1) is 25.0. The van der Waals surface area contributed by atoms with E-state index in [1.54, 1.807) is 19.2 Å². The summed E-state index contributed by atoms with van der Waals surface area (Å²) in [6, 6.07) is 27.3. The topological polar surface area (TPSA) is 71.4 Å². The molecular weight excluding hydrogens is 516 g/mol. The van der Waals surface area contributed by atoms with Crippen LogP contribution in [-0.2, 0) is 17.8 Å². The number of aryl methyl sites for hydroxylation is 1. The van der Waals surface area contributed by atoms with Gasteiger partial charge in [0.15, 0.2) is 11.5 Å². The number of hydrogen-bond acceptors (Lipinski definition) is 4. The molecule has 1 N–H and O–H groups in total. The van der Waals surface area contributed by atoms with E-state index in [1.165, 1.54) is 11.6 Å². The zero-order chi connectivity index (χ0) is 25.5. The lowest BCUT2D eigenvalue weighted by Crippen LogP contribution is -2.13. The molecule has 0 spiro atoms. The van der Waals surface area contributed by atoms with Crippen LogP contribution in [0.15, 0.2) is 88.9 Å². The van der Waals surface area contributed by atoms with E-state index in [-0.39, 0.29) is 5.57 Å². The number of halogens is 1. The highest BCUT2D eigenvalue weighted by Crippen LogP contribution is 2.35. The lowest BCUT2D eigenvalue weighted by Gasteiger charge is -2.14. The first-order chi connectivity index (χ1) is 17.5. The lowest BCUT2D eigenvalue weighted by atomic mass is 10.1. The number of amides is 1. The molecule has 0 aromatic heterocycles. The number of hydrogen-bond donors (Lipinski definition) is 1. The van der Waals surface area contributed by atoms with Crippen LogP contribution < -0.4 is 14.8 Å². The summed E-state index contributed by atoms with van der Waals surface area (Å²) in [5.41, 5.74) is 3.46. The summed E-state index contributed by atoms with van der Waals surface area (Å²) in [5, 5.41) is 14.7. The Kier molecular flexibility index (Phi) is 8.04. The molecule has 0 heterocycles. The number of benzene rings is 4. The molecule has 0 fully saturated rings. The van der Waals surface area contributed by atoms with Crippen molar-refractivity contribution in [1.82, 2.24) is 0 Å². The average Bonchev–Trinajstić information content (AvgIpc) is 2.91. The second kappa shape index (κ2) is 11.6. The Balaban J connectivity index is 1.55. The third kappa shape index (κ3) is 5.76. The van der Waals surface area contributed by atoms with Gasteiger partial charge in [0.2, 0.25) is 0 Å². The summed E-state index contributed by atoms with van der Waals surface area (Å²) < 4.78 is 12.3. The van der Waals surface area contributed by atoms with Gasteiger partial charge < -0.3 is 14.8 Å². The molecule has 4 aromatic carbocycles. The molecule has 4 rings (SSSR count). The van der Waals surface area contributed by atoms with Crippen molar-refractivity contribution in [2.45, 2.75) is 20.0 Å². The van der Waals surface area contributed by atoms with Crippen LogP contribution in [0.2, 0.25) is 0 Å². The number of fused-ring (bicyclic) bond motifs is 1. The van der Waals surface area contributed by atoms with Gasteiger partial charge in [-0.3, -0.25) is 4.79 Å². The van der Waals surface area contributed by atoms with Crippen molar-refractivity contribution >= 4 is 44.4 Å². The highest BCUT2D eigenvalue weighted by molar-refractivity contribution is 9.10. The molecule has 36 heavy (non-hydrogen) atoms. The highest BCUT2D eigenvalue weighted by atomic mass is 79.9. The van der Waals surface area contributed by atoms with Crippen LogP contribution in [0.4, 0.5) is 5.69 Å². The van der Waals surface area contributed by atoms with Crippen molar-refractivity contribution in [3.63, 3.8) is 0 Å². The molecule has 0 atom stereocenters. The number of methoxy groups -OCH3 is 1. The standard InChI is InChI=1S/C30H25BrN2O3/c1-3-20-11-13-25(14-12-20)33-30(34)24(18-32)15-23-16-28(35-2)29(17-27(23)31)36-19-22-9-6-8-21-7-4-5-10-26(21)22/h4-17H,3,19H2,1-2H3,(H,33,34)/b24-15+. The lowest BCUT2D eigenvalue weighted by molar-refractivity contribution is -0.112. The van der Waals surface area contributed by atoms with Crippen LogP contribution in [-0.4, -0.2) is 13.0 Å². The maximum absolute atomic E-state index is 12.7. The van der Waals surface area contributed by atoms with Crippen LogP contribution in [0, 0.1) is 11.3 Å². The quantitative estimate of drug-likeness (QED) is 0.188. The number of nitriles is 1. The van der Waals surface area contributed by atoms with E-state index in [2.05, 4.69) is 46.4 Å². The van der Waals surface area contributed by atoms with Gasteiger partial charge in [0.1, 0.15) is 18.2 Å². The molecule has 4 aromatic rings. The van der Waals surface area contributed by atoms with Crippen LogP contribution in [0.25, 0.3) is 16.8 Å². The molecule has 180 valence electrons. The molecule has 5 nitrogen and oxygen atoms in total. The Hall–Kier alpha value is -4.08. The van der Waals surface area contributed by atoms with Gasteiger partial charge in [-0.15, -0.1) is 0 Å². The minimum atomic E-state index is -0.483. The zero-order valence-electron chi connectivity index (χ0n) is 20.0. The Labute approximate surface area is 219 Å². The number of carbonyl (C=O) groups is 1. The maximum Gasteiger partial charge on any atom is 0.266 e. The molecule has 0 bridgehead atoms. The molecule has 6 heteroatoms. The van der Waals surface area contributed by atoms with Gasteiger partial charge in [0, 0.05) is 10.2 Å². The van der Waals surface area contributed by atoms with Crippen molar-refractivity contribution in [3.05, 3.63) is 106 Å².